The van der Waals surface area contributed by atoms with Crippen LogP contribution in [0.2, 0.25) is 0 Å². The second-order valence-electron chi connectivity index (χ2n) is 7.25. The number of halogens is 1. The predicted octanol–water partition coefficient (Wildman–Crippen LogP) is 3.33. The molecule has 2 rings (SSSR count). The normalized spacial score (nSPS) is 13.6. The molecule has 0 fully saturated rings. The highest BCUT2D eigenvalue weighted by atomic mass is 127. The Labute approximate surface area is 186 Å². The molecule has 2 aromatic rings. The molecule has 0 aliphatic rings. The third-order valence-electron chi connectivity index (χ3n) is 4.25. The Morgan fingerprint density at radius 1 is 1.04 bits per heavy atom. The van der Waals surface area contributed by atoms with Crippen LogP contribution in [0.5, 0.6) is 0 Å². The van der Waals surface area contributed by atoms with E-state index < -0.39 is 5.60 Å². The van der Waals surface area contributed by atoms with Crippen LogP contribution in [0, 0.1) is 0 Å². The van der Waals surface area contributed by atoms with Crippen LogP contribution in [0.15, 0.2) is 59.6 Å². The van der Waals surface area contributed by atoms with Crippen LogP contribution in [0.1, 0.15) is 30.5 Å². The molecule has 0 saturated carbocycles. The van der Waals surface area contributed by atoms with Crippen LogP contribution in [-0.4, -0.2) is 43.2 Å². The van der Waals surface area contributed by atoms with Crippen LogP contribution in [0.3, 0.4) is 0 Å². The van der Waals surface area contributed by atoms with Gasteiger partial charge in [-0.05, 0) is 44.6 Å². The molecular formula is C22H33IN4O. The molecule has 1 unspecified atom stereocenters. The van der Waals surface area contributed by atoms with Gasteiger partial charge in [0.15, 0.2) is 5.96 Å². The molecule has 1 atom stereocenters. The molecule has 0 bridgehead atoms. The lowest BCUT2D eigenvalue weighted by molar-refractivity contribution is 0.0617. The van der Waals surface area contributed by atoms with E-state index in [-0.39, 0.29) is 24.0 Å². The van der Waals surface area contributed by atoms with Crippen molar-refractivity contribution < 1.29 is 5.11 Å². The van der Waals surface area contributed by atoms with E-state index >= 15 is 0 Å². The van der Waals surface area contributed by atoms with E-state index in [1.807, 2.05) is 44.2 Å². The molecule has 0 saturated heterocycles. The van der Waals surface area contributed by atoms with Gasteiger partial charge in [0, 0.05) is 13.1 Å². The van der Waals surface area contributed by atoms with E-state index in [1.54, 1.807) is 0 Å². The molecule has 0 radical (unpaired) electrons. The summed E-state index contributed by atoms with van der Waals surface area (Å²) >= 11 is 0. The van der Waals surface area contributed by atoms with E-state index in [4.69, 9.17) is 0 Å². The van der Waals surface area contributed by atoms with Gasteiger partial charge in [-0.2, -0.15) is 0 Å². The minimum Gasteiger partial charge on any atom is -0.384 e. The van der Waals surface area contributed by atoms with Gasteiger partial charge < -0.3 is 20.6 Å². The van der Waals surface area contributed by atoms with Gasteiger partial charge in [0.1, 0.15) is 5.60 Å². The van der Waals surface area contributed by atoms with Crippen molar-refractivity contribution in [3.05, 3.63) is 71.3 Å². The Kier molecular flexibility index (Phi) is 10.5. The maximum absolute atomic E-state index is 10.8. The van der Waals surface area contributed by atoms with Gasteiger partial charge in [0.2, 0.25) is 0 Å². The van der Waals surface area contributed by atoms with Crippen LogP contribution < -0.4 is 10.6 Å². The van der Waals surface area contributed by atoms with E-state index in [0.29, 0.717) is 19.0 Å². The van der Waals surface area contributed by atoms with Gasteiger partial charge in [-0.15, -0.1) is 24.0 Å². The highest BCUT2D eigenvalue weighted by Gasteiger charge is 2.22. The summed E-state index contributed by atoms with van der Waals surface area (Å²) in [5, 5.41) is 17.3. The third kappa shape index (κ3) is 8.16. The van der Waals surface area contributed by atoms with Crippen molar-refractivity contribution in [3.63, 3.8) is 0 Å². The minimum atomic E-state index is -0.969. The first-order valence-electron chi connectivity index (χ1n) is 9.43. The van der Waals surface area contributed by atoms with E-state index in [0.717, 1.165) is 18.7 Å². The maximum atomic E-state index is 10.8. The molecule has 3 N–H and O–H groups in total. The topological polar surface area (TPSA) is 59.9 Å². The summed E-state index contributed by atoms with van der Waals surface area (Å²) in [5.41, 5.74) is 2.35. The minimum absolute atomic E-state index is 0. The highest BCUT2D eigenvalue weighted by Crippen LogP contribution is 2.18. The molecule has 0 aliphatic heterocycles. The first-order chi connectivity index (χ1) is 12.9. The summed E-state index contributed by atoms with van der Waals surface area (Å²) in [6.07, 6.45) is 0. The van der Waals surface area contributed by atoms with Crippen LogP contribution >= 0.6 is 24.0 Å². The fraction of sp³-hybridized carbons (Fsp3) is 0.409. The summed E-state index contributed by atoms with van der Waals surface area (Å²) in [6, 6.07) is 18.2. The Bertz CT molecular complexity index is 732. The molecule has 0 heterocycles. The van der Waals surface area contributed by atoms with Gasteiger partial charge in [-0.1, -0.05) is 54.6 Å². The third-order valence-corrected chi connectivity index (χ3v) is 4.25. The number of nitrogens with one attached hydrogen (secondary N) is 2. The molecule has 6 heteroatoms. The molecule has 0 aromatic heterocycles. The lowest BCUT2D eigenvalue weighted by atomic mass is 9.96. The summed E-state index contributed by atoms with van der Waals surface area (Å²) < 4.78 is 0. The number of guanidine groups is 1. The summed E-state index contributed by atoms with van der Waals surface area (Å²) in [4.78, 5) is 6.82. The van der Waals surface area contributed by atoms with Gasteiger partial charge in [0.25, 0.3) is 0 Å². The quantitative estimate of drug-likeness (QED) is 0.298. The van der Waals surface area contributed by atoms with Gasteiger partial charge >= 0.3 is 0 Å². The smallest absolute Gasteiger partial charge is 0.191 e. The summed E-state index contributed by atoms with van der Waals surface area (Å²) in [6.45, 7) is 6.48. The van der Waals surface area contributed by atoms with E-state index in [2.05, 4.69) is 58.9 Å². The van der Waals surface area contributed by atoms with Crippen LogP contribution in [0.25, 0.3) is 0 Å². The van der Waals surface area contributed by atoms with Crippen LogP contribution in [0.4, 0.5) is 0 Å². The molecule has 0 amide bonds. The zero-order valence-electron chi connectivity index (χ0n) is 17.3. The number of aliphatic hydroxyl groups is 1. The first kappa shape index (κ1) is 24.4. The number of rotatable bonds is 8. The van der Waals surface area contributed by atoms with Gasteiger partial charge in [-0.3, -0.25) is 0 Å². The highest BCUT2D eigenvalue weighted by molar-refractivity contribution is 14.0. The second-order valence-corrected chi connectivity index (χ2v) is 7.25. The lowest BCUT2D eigenvalue weighted by Gasteiger charge is -2.25. The number of aliphatic imine (C=N–C) groups is 1. The molecule has 28 heavy (non-hydrogen) atoms. The molecular weight excluding hydrogens is 463 g/mol. The van der Waals surface area contributed by atoms with Crippen molar-refractivity contribution in [1.82, 2.24) is 15.5 Å². The fourth-order valence-electron chi connectivity index (χ4n) is 2.86. The molecule has 0 spiro atoms. The predicted molar refractivity (Wildman–Crippen MR) is 128 cm³/mol. The number of hydrogen-bond donors (Lipinski definition) is 3. The number of nitrogens with zero attached hydrogens (tertiary/aromatic N) is 2. The first-order valence-corrected chi connectivity index (χ1v) is 9.43. The van der Waals surface area contributed by atoms with Crippen molar-refractivity contribution in [1.29, 1.82) is 0 Å². The Hall–Kier alpha value is -1.64. The summed E-state index contributed by atoms with van der Waals surface area (Å²) in [7, 11) is 4.13. The van der Waals surface area contributed by atoms with Crippen molar-refractivity contribution >= 4 is 29.9 Å². The number of hydrogen-bond acceptors (Lipinski definition) is 3. The monoisotopic (exact) mass is 496 g/mol. The average Bonchev–Trinajstić information content (AvgIpc) is 2.64. The Morgan fingerprint density at radius 2 is 1.71 bits per heavy atom. The van der Waals surface area contributed by atoms with Crippen molar-refractivity contribution in [2.24, 2.45) is 4.99 Å². The zero-order valence-corrected chi connectivity index (χ0v) is 19.6. The SMILES string of the molecule is CCNC(=NCc1cccc(CN(C)C)c1)NCC(C)(O)c1ccccc1.I. The largest absolute Gasteiger partial charge is 0.384 e. The van der Waals surface area contributed by atoms with E-state index in [1.165, 1.54) is 11.1 Å². The van der Waals surface area contributed by atoms with E-state index in [9.17, 15) is 5.11 Å². The zero-order chi connectivity index (χ0) is 19.7. The summed E-state index contributed by atoms with van der Waals surface area (Å²) in [5.74, 6) is 0.701. The molecule has 2 aromatic carbocycles. The second kappa shape index (κ2) is 12.0. The maximum Gasteiger partial charge on any atom is 0.191 e. The molecule has 5 nitrogen and oxygen atoms in total. The Morgan fingerprint density at radius 3 is 2.36 bits per heavy atom. The lowest BCUT2D eigenvalue weighted by Crippen LogP contribution is -2.44. The molecule has 0 aliphatic carbocycles. The number of benzene rings is 2. The fourth-order valence-corrected chi connectivity index (χ4v) is 2.86. The van der Waals surface area contributed by atoms with Crippen molar-refractivity contribution in [2.75, 3.05) is 27.2 Å². The van der Waals surface area contributed by atoms with Gasteiger partial charge in [-0.25, -0.2) is 4.99 Å². The average molecular weight is 496 g/mol. The van der Waals surface area contributed by atoms with Crippen LogP contribution in [-0.2, 0) is 18.7 Å². The Balaban J connectivity index is 0.00000392. The van der Waals surface area contributed by atoms with Crippen molar-refractivity contribution in [3.8, 4) is 0 Å². The van der Waals surface area contributed by atoms with Crippen molar-refractivity contribution in [2.45, 2.75) is 32.5 Å². The molecule has 154 valence electrons. The standard InChI is InChI=1S/C22H32N4O.HI/c1-5-23-21(25-17-22(2,27)20-12-7-6-8-13-20)24-15-18-10-9-11-19(14-18)16-26(3)4;/h6-14,27H,5,15-17H2,1-4H3,(H2,23,24,25);1H. The van der Waals surface area contributed by atoms with Gasteiger partial charge in [0.05, 0.1) is 13.1 Å².